The van der Waals surface area contributed by atoms with Crippen molar-refractivity contribution in [3.05, 3.63) is 48.9 Å². The highest BCUT2D eigenvalue weighted by Crippen LogP contribution is 2.31. The largest absolute Gasteiger partial charge is 0.329 e. The quantitative estimate of drug-likeness (QED) is 0.701. The van der Waals surface area contributed by atoms with Crippen LogP contribution in [0.5, 0.6) is 0 Å². The Kier molecular flexibility index (Phi) is 3.80. The summed E-state index contributed by atoms with van der Waals surface area (Å²) in [6, 6.07) is 0.275. The number of nitrogens with zero attached hydrogens (tertiary/aromatic N) is 1. The van der Waals surface area contributed by atoms with Gasteiger partial charge in [0.05, 0.1) is 6.04 Å². The summed E-state index contributed by atoms with van der Waals surface area (Å²) in [4.78, 5) is 13.9. The van der Waals surface area contributed by atoms with E-state index < -0.39 is 5.83 Å². The normalized spacial score (nSPS) is 27.4. The first-order valence-electron chi connectivity index (χ1n) is 6.29. The number of hydrogen-bond acceptors (Lipinski definition) is 1. The molecule has 2 heterocycles. The third-order valence-electron chi connectivity index (χ3n) is 3.57. The van der Waals surface area contributed by atoms with E-state index in [0.29, 0.717) is 0 Å². The molecule has 2 unspecified atom stereocenters. The lowest BCUT2D eigenvalue weighted by molar-refractivity contribution is -0.132. The second kappa shape index (κ2) is 5.34. The van der Waals surface area contributed by atoms with Crippen LogP contribution in [0.3, 0.4) is 0 Å². The summed E-state index contributed by atoms with van der Waals surface area (Å²) < 4.78 is 12.6. The maximum absolute atomic E-state index is 12.6. The number of carbonyl (C=O) groups is 1. The van der Waals surface area contributed by atoms with Crippen molar-refractivity contribution in [1.29, 1.82) is 0 Å². The minimum atomic E-state index is -0.492. The van der Waals surface area contributed by atoms with Gasteiger partial charge in [-0.3, -0.25) is 4.79 Å². The number of hydrogen-bond donors (Lipinski definition) is 0. The van der Waals surface area contributed by atoms with Gasteiger partial charge in [-0.15, -0.1) is 0 Å². The van der Waals surface area contributed by atoms with Gasteiger partial charge < -0.3 is 4.90 Å². The van der Waals surface area contributed by atoms with Crippen LogP contribution in [-0.2, 0) is 4.79 Å². The topological polar surface area (TPSA) is 20.3 Å². The van der Waals surface area contributed by atoms with E-state index in [9.17, 15) is 9.18 Å². The van der Waals surface area contributed by atoms with Crippen LogP contribution >= 0.6 is 0 Å². The zero-order valence-electron chi connectivity index (χ0n) is 10.4. The highest BCUT2D eigenvalue weighted by Gasteiger charge is 2.35. The van der Waals surface area contributed by atoms with Crippen molar-refractivity contribution < 1.29 is 9.18 Å². The Labute approximate surface area is 107 Å². The fraction of sp³-hybridized carbons (Fsp3) is 0.400. The Bertz CT molecular complexity index is 436. The Morgan fingerprint density at radius 3 is 2.89 bits per heavy atom. The third kappa shape index (κ3) is 2.61. The van der Waals surface area contributed by atoms with Gasteiger partial charge >= 0.3 is 0 Å². The van der Waals surface area contributed by atoms with Gasteiger partial charge in [0.15, 0.2) is 0 Å². The summed E-state index contributed by atoms with van der Waals surface area (Å²) in [5.41, 5.74) is 0.780. The molecule has 0 aromatic rings. The van der Waals surface area contributed by atoms with Crippen molar-refractivity contribution in [3.8, 4) is 0 Å². The molecule has 1 saturated heterocycles. The molecule has 2 aliphatic heterocycles. The van der Waals surface area contributed by atoms with Crippen molar-refractivity contribution >= 4 is 5.91 Å². The average Bonchev–Trinajstić information content (AvgIpc) is 2.35. The molecular weight excluding hydrogens is 229 g/mol. The minimum Gasteiger partial charge on any atom is -0.329 e. The van der Waals surface area contributed by atoms with E-state index in [2.05, 4.69) is 13.2 Å². The second-order valence-corrected chi connectivity index (χ2v) is 4.84. The van der Waals surface area contributed by atoms with Crippen LogP contribution in [0.15, 0.2) is 48.9 Å². The van der Waals surface area contributed by atoms with Gasteiger partial charge in [-0.25, -0.2) is 4.39 Å². The van der Waals surface area contributed by atoms with Crippen LogP contribution < -0.4 is 0 Å². The Hall–Kier alpha value is -1.64. The molecule has 0 aliphatic carbocycles. The number of fused-ring (bicyclic) bond motifs is 1. The number of amides is 1. The zero-order chi connectivity index (χ0) is 13.1. The summed E-state index contributed by atoms with van der Waals surface area (Å²) in [6.07, 6.45) is 10.4. The molecule has 0 N–H and O–H groups in total. The molecule has 2 rings (SSSR count). The summed E-state index contributed by atoms with van der Waals surface area (Å²) in [6.45, 7) is 7.15. The first-order valence-corrected chi connectivity index (χ1v) is 6.29. The fourth-order valence-electron chi connectivity index (χ4n) is 2.73. The van der Waals surface area contributed by atoms with E-state index in [1.165, 1.54) is 6.08 Å². The first-order chi connectivity index (χ1) is 8.59. The zero-order valence-corrected chi connectivity index (χ0v) is 10.4. The van der Waals surface area contributed by atoms with Crippen LogP contribution in [0.4, 0.5) is 4.39 Å². The molecule has 0 radical (unpaired) electrons. The SMILES string of the molecule is C=C(F)/C=C\C(=C)C1CCCC2CC=CC(=O)N21. The van der Waals surface area contributed by atoms with Crippen LogP contribution in [0.25, 0.3) is 0 Å². The van der Waals surface area contributed by atoms with Gasteiger partial charge in [0, 0.05) is 6.04 Å². The molecule has 2 atom stereocenters. The molecule has 0 saturated carbocycles. The molecule has 2 aliphatic rings. The highest BCUT2D eigenvalue weighted by atomic mass is 19.1. The molecule has 1 amide bonds. The maximum atomic E-state index is 12.6. The van der Waals surface area contributed by atoms with E-state index in [-0.39, 0.29) is 18.0 Å². The first kappa shape index (κ1) is 12.8. The molecular formula is C15H18FNO. The van der Waals surface area contributed by atoms with Gasteiger partial charge in [-0.1, -0.05) is 25.3 Å². The summed E-state index contributed by atoms with van der Waals surface area (Å²) in [5.74, 6) is -0.446. The number of carbonyl (C=O) groups excluding carboxylic acids is 1. The molecule has 0 aromatic carbocycles. The number of piperidine rings is 1. The summed E-state index contributed by atoms with van der Waals surface area (Å²) >= 11 is 0. The fourth-order valence-corrected chi connectivity index (χ4v) is 2.73. The molecule has 0 spiro atoms. The van der Waals surface area contributed by atoms with Crippen LogP contribution in [-0.4, -0.2) is 22.9 Å². The summed E-state index contributed by atoms with van der Waals surface area (Å²) in [7, 11) is 0. The van der Waals surface area contributed by atoms with Crippen LogP contribution in [0.1, 0.15) is 25.7 Å². The van der Waals surface area contributed by atoms with E-state index in [4.69, 9.17) is 0 Å². The van der Waals surface area contributed by atoms with E-state index in [1.807, 2.05) is 11.0 Å². The molecule has 2 nitrogen and oxygen atoms in total. The number of allylic oxidation sites excluding steroid dienone is 2. The monoisotopic (exact) mass is 247 g/mol. The molecule has 0 aromatic heterocycles. The van der Waals surface area contributed by atoms with Crippen molar-refractivity contribution in [2.75, 3.05) is 0 Å². The summed E-state index contributed by atoms with van der Waals surface area (Å²) in [5, 5.41) is 0. The number of rotatable bonds is 3. The predicted octanol–water partition coefficient (Wildman–Crippen LogP) is 3.29. The third-order valence-corrected chi connectivity index (χ3v) is 3.57. The smallest absolute Gasteiger partial charge is 0.247 e. The Morgan fingerprint density at radius 2 is 2.17 bits per heavy atom. The van der Waals surface area contributed by atoms with Crippen molar-refractivity contribution in [2.45, 2.75) is 37.8 Å². The van der Waals surface area contributed by atoms with Gasteiger partial charge in [0.2, 0.25) is 5.91 Å². The molecule has 96 valence electrons. The molecule has 3 heteroatoms. The Balaban J connectivity index is 2.16. The van der Waals surface area contributed by atoms with E-state index >= 15 is 0 Å². The Morgan fingerprint density at radius 1 is 1.39 bits per heavy atom. The highest BCUT2D eigenvalue weighted by molar-refractivity contribution is 5.89. The van der Waals surface area contributed by atoms with Gasteiger partial charge in [0.1, 0.15) is 5.83 Å². The maximum Gasteiger partial charge on any atom is 0.247 e. The van der Waals surface area contributed by atoms with Crippen LogP contribution in [0.2, 0.25) is 0 Å². The second-order valence-electron chi connectivity index (χ2n) is 4.84. The van der Waals surface area contributed by atoms with E-state index in [1.54, 1.807) is 12.2 Å². The van der Waals surface area contributed by atoms with E-state index in [0.717, 1.165) is 31.3 Å². The predicted molar refractivity (Wildman–Crippen MR) is 70.6 cm³/mol. The van der Waals surface area contributed by atoms with Gasteiger partial charge in [-0.05, 0) is 43.4 Å². The van der Waals surface area contributed by atoms with Gasteiger partial charge in [-0.2, -0.15) is 0 Å². The van der Waals surface area contributed by atoms with Crippen molar-refractivity contribution in [3.63, 3.8) is 0 Å². The van der Waals surface area contributed by atoms with Crippen LogP contribution in [0, 0.1) is 0 Å². The standard InChI is InChI=1S/C15H18FNO/c1-11(9-10-12(2)16)14-7-3-5-13-6-4-8-15(18)17(13)14/h4,8-10,13-14H,1-3,5-7H2/b10-9-. The lowest BCUT2D eigenvalue weighted by atomic mass is 9.88. The van der Waals surface area contributed by atoms with Gasteiger partial charge in [0.25, 0.3) is 0 Å². The molecule has 0 bridgehead atoms. The minimum absolute atomic E-state index is 0.00296. The lowest BCUT2D eigenvalue weighted by Gasteiger charge is -2.43. The molecule has 1 fully saturated rings. The lowest BCUT2D eigenvalue weighted by Crippen LogP contribution is -2.51. The van der Waals surface area contributed by atoms with Crippen molar-refractivity contribution in [1.82, 2.24) is 4.90 Å². The molecule has 18 heavy (non-hydrogen) atoms. The number of halogens is 1. The van der Waals surface area contributed by atoms with Crippen molar-refractivity contribution in [2.24, 2.45) is 0 Å². The average molecular weight is 247 g/mol.